The van der Waals surface area contributed by atoms with E-state index in [1.54, 1.807) is 0 Å². The molecule has 1 atom stereocenters. The summed E-state index contributed by atoms with van der Waals surface area (Å²) in [6.45, 7) is 7.93. The minimum Gasteiger partial charge on any atom is -0.382 e. The summed E-state index contributed by atoms with van der Waals surface area (Å²) in [4.78, 5) is 11.8. The zero-order valence-corrected chi connectivity index (χ0v) is 9.77. The third-order valence-electron chi connectivity index (χ3n) is 2.87. The van der Waals surface area contributed by atoms with E-state index in [1.165, 1.54) is 0 Å². The lowest BCUT2D eigenvalue weighted by atomic mass is 9.89. The molecule has 0 aromatic rings. The SMILES string of the molecule is CCOCCCNC(=O)C1(C)CCNC1. The molecule has 15 heavy (non-hydrogen) atoms. The van der Waals surface area contributed by atoms with Crippen molar-refractivity contribution in [3.63, 3.8) is 0 Å². The first-order valence-corrected chi connectivity index (χ1v) is 5.76. The van der Waals surface area contributed by atoms with Crippen LogP contribution in [0.15, 0.2) is 0 Å². The van der Waals surface area contributed by atoms with Crippen LogP contribution in [0.4, 0.5) is 0 Å². The molecule has 4 nitrogen and oxygen atoms in total. The van der Waals surface area contributed by atoms with E-state index in [-0.39, 0.29) is 11.3 Å². The molecule has 1 heterocycles. The van der Waals surface area contributed by atoms with Gasteiger partial charge in [-0.25, -0.2) is 0 Å². The fourth-order valence-electron chi connectivity index (χ4n) is 1.74. The minimum atomic E-state index is -0.203. The number of carbonyl (C=O) groups is 1. The fourth-order valence-corrected chi connectivity index (χ4v) is 1.74. The lowest BCUT2D eigenvalue weighted by Gasteiger charge is -2.21. The van der Waals surface area contributed by atoms with Crippen molar-refractivity contribution in [1.29, 1.82) is 0 Å². The normalized spacial score (nSPS) is 25.5. The lowest BCUT2D eigenvalue weighted by molar-refractivity contribution is -0.129. The Morgan fingerprint density at radius 1 is 1.60 bits per heavy atom. The standard InChI is InChI=1S/C11H22N2O2/c1-3-15-8-4-6-13-10(14)11(2)5-7-12-9-11/h12H,3-9H2,1-2H3,(H,13,14). The summed E-state index contributed by atoms with van der Waals surface area (Å²) in [7, 11) is 0. The van der Waals surface area contributed by atoms with E-state index in [0.29, 0.717) is 6.54 Å². The number of ether oxygens (including phenoxy) is 1. The van der Waals surface area contributed by atoms with E-state index in [1.807, 2.05) is 13.8 Å². The Morgan fingerprint density at radius 3 is 3.00 bits per heavy atom. The van der Waals surface area contributed by atoms with E-state index in [4.69, 9.17) is 4.74 Å². The molecule has 0 saturated carbocycles. The molecule has 0 aliphatic carbocycles. The Morgan fingerprint density at radius 2 is 2.40 bits per heavy atom. The Kier molecular flexibility index (Phi) is 5.05. The van der Waals surface area contributed by atoms with Crippen molar-refractivity contribution in [2.24, 2.45) is 5.41 Å². The summed E-state index contributed by atoms with van der Waals surface area (Å²) < 4.78 is 5.20. The molecule has 1 rings (SSSR count). The molecular formula is C11H22N2O2. The predicted octanol–water partition coefficient (Wildman–Crippen LogP) is 0.529. The Bertz CT molecular complexity index is 201. The molecule has 4 heteroatoms. The van der Waals surface area contributed by atoms with Crippen molar-refractivity contribution in [3.8, 4) is 0 Å². The van der Waals surface area contributed by atoms with Crippen LogP contribution >= 0.6 is 0 Å². The average Bonchev–Trinajstić information content (AvgIpc) is 2.66. The Labute approximate surface area is 91.8 Å². The molecule has 0 aromatic heterocycles. The third kappa shape index (κ3) is 3.80. The van der Waals surface area contributed by atoms with E-state index >= 15 is 0 Å². The van der Waals surface area contributed by atoms with Crippen LogP contribution in [-0.4, -0.2) is 38.8 Å². The summed E-state index contributed by atoms with van der Waals surface area (Å²) in [5.74, 6) is 0.170. The quantitative estimate of drug-likeness (QED) is 0.634. The zero-order valence-electron chi connectivity index (χ0n) is 9.77. The summed E-state index contributed by atoms with van der Waals surface area (Å²) in [6.07, 6.45) is 1.83. The van der Waals surface area contributed by atoms with Crippen LogP contribution in [0.25, 0.3) is 0 Å². The third-order valence-corrected chi connectivity index (χ3v) is 2.87. The van der Waals surface area contributed by atoms with Crippen molar-refractivity contribution in [2.75, 3.05) is 32.8 Å². The number of carbonyl (C=O) groups excluding carboxylic acids is 1. The van der Waals surface area contributed by atoms with Gasteiger partial charge in [0.2, 0.25) is 5.91 Å². The van der Waals surface area contributed by atoms with Crippen LogP contribution in [0.3, 0.4) is 0 Å². The van der Waals surface area contributed by atoms with Gasteiger partial charge >= 0.3 is 0 Å². The van der Waals surface area contributed by atoms with Gasteiger partial charge in [0.15, 0.2) is 0 Å². The summed E-state index contributed by atoms with van der Waals surface area (Å²) >= 11 is 0. The number of amides is 1. The second-order valence-electron chi connectivity index (χ2n) is 4.29. The van der Waals surface area contributed by atoms with Crippen LogP contribution in [0, 0.1) is 5.41 Å². The van der Waals surface area contributed by atoms with Gasteiger partial charge in [0.25, 0.3) is 0 Å². The van der Waals surface area contributed by atoms with Crippen LogP contribution in [-0.2, 0) is 9.53 Å². The molecule has 1 fully saturated rings. The van der Waals surface area contributed by atoms with Gasteiger partial charge in [-0.15, -0.1) is 0 Å². The topological polar surface area (TPSA) is 50.4 Å². The van der Waals surface area contributed by atoms with E-state index in [2.05, 4.69) is 10.6 Å². The molecule has 0 radical (unpaired) electrons. The summed E-state index contributed by atoms with van der Waals surface area (Å²) in [6, 6.07) is 0. The monoisotopic (exact) mass is 214 g/mol. The molecule has 88 valence electrons. The number of nitrogens with one attached hydrogen (secondary N) is 2. The van der Waals surface area contributed by atoms with Gasteiger partial charge in [0.1, 0.15) is 0 Å². The van der Waals surface area contributed by atoms with Crippen LogP contribution < -0.4 is 10.6 Å². The number of rotatable bonds is 6. The second-order valence-corrected chi connectivity index (χ2v) is 4.29. The maximum atomic E-state index is 11.8. The highest BCUT2D eigenvalue weighted by Gasteiger charge is 2.35. The minimum absolute atomic E-state index is 0.170. The molecular weight excluding hydrogens is 192 g/mol. The summed E-state index contributed by atoms with van der Waals surface area (Å²) in [5.41, 5.74) is -0.203. The van der Waals surface area contributed by atoms with Gasteiger partial charge in [-0.1, -0.05) is 0 Å². The van der Waals surface area contributed by atoms with Crippen LogP contribution in [0.2, 0.25) is 0 Å². The number of hydrogen-bond donors (Lipinski definition) is 2. The van der Waals surface area contributed by atoms with Gasteiger partial charge in [0, 0.05) is 26.3 Å². The molecule has 1 aliphatic rings. The molecule has 0 bridgehead atoms. The maximum Gasteiger partial charge on any atom is 0.227 e. The average molecular weight is 214 g/mol. The second kappa shape index (κ2) is 6.08. The van der Waals surface area contributed by atoms with Crippen molar-refractivity contribution < 1.29 is 9.53 Å². The van der Waals surface area contributed by atoms with Crippen molar-refractivity contribution >= 4 is 5.91 Å². The molecule has 0 aromatic carbocycles. The zero-order chi connectivity index (χ0) is 11.1. The molecule has 1 saturated heterocycles. The van der Waals surface area contributed by atoms with Crippen LogP contribution in [0.1, 0.15) is 26.7 Å². The van der Waals surface area contributed by atoms with Gasteiger partial charge < -0.3 is 15.4 Å². The highest BCUT2D eigenvalue weighted by Crippen LogP contribution is 2.24. The highest BCUT2D eigenvalue weighted by molar-refractivity contribution is 5.82. The molecule has 2 N–H and O–H groups in total. The van der Waals surface area contributed by atoms with Crippen molar-refractivity contribution in [2.45, 2.75) is 26.7 Å². The smallest absolute Gasteiger partial charge is 0.227 e. The van der Waals surface area contributed by atoms with Gasteiger partial charge in [-0.2, -0.15) is 0 Å². The summed E-state index contributed by atoms with van der Waals surface area (Å²) in [5, 5.41) is 6.18. The Balaban J connectivity index is 2.12. The van der Waals surface area contributed by atoms with E-state index in [0.717, 1.165) is 39.1 Å². The maximum absolute atomic E-state index is 11.8. The Hall–Kier alpha value is -0.610. The van der Waals surface area contributed by atoms with Crippen molar-refractivity contribution in [1.82, 2.24) is 10.6 Å². The molecule has 0 spiro atoms. The highest BCUT2D eigenvalue weighted by atomic mass is 16.5. The first kappa shape index (κ1) is 12.5. The molecule has 1 aliphatic heterocycles. The first-order valence-electron chi connectivity index (χ1n) is 5.76. The van der Waals surface area contributed by atoms with Gasteiger partial charge in [-0.05, 0) is 33.2 Å². The molecule has 1 unspecified atom stereocenters. The van der Waals surface area contributed by atoms with E-state index in [9.17, 15) is 4.79 Å². The first-order chi connectivity index (χ1) is 7.19. The largest absolute Gasteiger partial charge is 0.382 e. The van der Waals surface area contributed by atoms with E-state index < -0.39 is 0 Å². The van der Waals surface area contributed by atoms with Gasteiger partial charge in [-0.3, -0.25) is 4.79 Å². The predicted molar refractivity (Wildman–Crippen MR) is 59.7 cm³/mol. The van der Waals surface area contributed by atoms with Gasteiger partial charge in [0.05, 0.1) is 5.41 Å². The number of hydrogen-bond acceptors (Lipinski definition) is 3. The fraction of sp³-hybridized carbons (Fsp3) is 0.909. The lowest BCUT2D eigenvalue weighted by Crippen LogP contribution is -2.40. The van der Waals surface area contributed by atoms with Crippen molar-refractivity contribution in [3.05, 3.63) is 0 Å². The van der Waals surface area contributed by atoms with Crippen LogP contribution in [0.5, 0.6) is 0 Å². The molecule has 1 amide bonds.